The minimum atomic E-state index is -1.07. The maximum Gasteiger partial charge on any atom is 0.337 e. The molecule has 0 amide bonds. The average molecular weight is 417 g/mol. The number of hydrogen-bond acceptors (Lipinski definition) is 6. The van der Waals surface area contributed by atoms with Crippen LogP contribution in [0.3, 0.4) is 0 Å². The number of hydrogen-bond donors (Lipinski definition) is 1. The van der Waals surface area contributed by atoms with E-state index < -0.39 is 11.8 Å². The lowest BCUT2D eigenvalue weighted by Crippen LogP contribution is -2.02. The maximum atomic E-state index is 13.3. The van der Waals surface area contributed by atoms with E-state index in [1.807, 2.05) is 36.4 Å². The maximum absolute atomic E-state index is 13.3. The molecule has 3 heterocycles. The van der Waals surface area contributed by atoms with Gasteiger partial charge in [0.1, 0.15) is 18.1 Å². The van der Waals surface area contributed by atoms with Gasteiger partial charge in [0.2, 0.25) is 5.88 Å². The Bertz CT molecular complexity index is 1200. The second-order valence-electron chi connectivity index (χ2n) is 6.46. The average Bonchev–Trinajstić information content (AvgIpc) is 3.20. The number of pyridine rings is 2. The van der Waals surface area contributed by atoms with Crippen molar-refractivity contribution >= 4 is 18.1 Å². The highest BCUT2D eigenvalue weighted by molar-refractivity contribution is 5.87. The van der Waals surface area contributed by atoms with Crippen LogP contribution in [0, 0.1) is 5.82 Å². The van der Waals surface area contributed by atoms with Crippen LogP contribution in [0.2, 0.25) is 0 Å². The van der Waals surface area contributed by atoms with Crippen LogP contribution in [0.25, 0.3) is 23.5 Å². The van der Waals surface area contributed by atoms with Crippen molar-refractivity contribution in [3.63, 3.8) is 0 Å². The van der Waals surface area contributed by atoms with Crippen LogP contribution in [0.1, 0.15) is 27.2 Å². The summed E-state index contributed by atoms with van der Waals surface area (Å²) in [7, 11) is 0. The topological polar surface area (TPSA) is 98.3 Å². The summed E-state index contributed by atoms with van der Waals surface area (Å²) in [6.45, 7) is 0.0335. The Morgan fingerprint density at radius 2 is 1.87 bits per heavy atom. The Hall–Kier alpha value is -4.33. The Morgan fingerprint density at radius 1 is 1.03 bits per heavy atom. The smallest absolute Gasteiger partial charge is 0.337 e. The number of nitrogens with zero attached hydrogens (tertiary/aromatic N) is 3. The number of aromatic carboxylic acids is 1. The molecule has 0 bridgehead atoms. The molecule has 0 saturated carbocycles. The van der Waals surface area contributed by atoms with Gasteiger partial charge in [0.15, 0.2) is 5.76 Å². The summed E-state index contributed by atoms with van der Waals surface area (Å²) in [5.41, 5.74) is 2.46. The van der Waals surface area contributed by atoms with Gasteiger partial charge in [0.05, 0.1) is 23.0 Å². The summed E-state index contributed by atoms with van der Waals surface area (Å²) in [6, 6.07) is 15.3. The molecule has 4 aromatic rings. The van der Waals surface area contributed by atoms with Crippen molar-refractivity contribution in [2.45, 2.75) is 6.61 Å². The summed E-state index contributed by atoms with van der Waals surface area (Å²) < 4.78 is 24.5. The molecule has 3 aromatic heterocycles. The minimum Gasteiger partial charge on any atom is -0.478 e. The first kappa shape index (κ1) is 20.0. The molecule has 31 heavy (non-hydrogen) atoms. The number of halogens is 1. The van der Waals surface area contributed by atoms with E-state index in [9.17, 15) is 9.18 Å². The lowest BCUT2D eigenvalue weighted by Gasteiger charge is -2.06. The molecule has 0 unspecified atom stereocenters. The molecule has 0 atom stereocenters. The van der Waals surface area contributed by atoms with Crippen molar-refractivity contribution in [3.05, 3.63) is 95.3 Å². The Labute approximate surface area is 176 Å². The first-order chi connectivity index (χ1) is 15.1. The number of carbonyl (C=O) groups is 1. The number of carboxylic acid groups (broad SMARTS) is 1. The van der Waals surface area contributed by atoms with Crippen LogP contribution >= 0.6 is 0 Å². The zero-order valence-corrected chi connectivity index (χ0v) is 16.1. The van der Waals surface area contributed by atoms with Crippen LogP contribution < -0.4 is 4.74 Å². The van der Waals surface area contributed by atoms with Crippen LogP contribution in [0.5, 0.6) is 5.88 Å². The van der Waals surface area contributed by atoms with Crippen molar-refractivity contribution < 1.29 is 23.6 Å². The number of benzene rings is 1. The SMILES string of the molecule is O=C(O)c1ccc(OCc2c(-c3ccc(F)cn3)noc2C=Cc2ccccc2)nc1. The van der Waals surface area contributed by atoms with Gasteiger partial charge in [-0.25, -0.2) is 14.2 Å². The van der Waals surface area contributed by atoms with Crippen molar-refractivity contribution in [2.24, 2.45) is 0 Å². The Balaban J connectivity index is 1.63. The molecule has 0 aliphatic heterocycles. The fourth-order valence-electron chi connectivity index (χ4n) is 2.78. The standard InChI is InChI=1S/C23H16FN3O4/c24-17-8-9-19(25-13-17)22-18(14-30-21-11-7-16(12-26-21)23(28)29)20(31-27-22)10-6-15-4-2-1-3-5-15/h1-13H,14H2,(H,28,29). The van der Waals surface area contributed by atoms with E-state index in [2.05, 4.69) is 15.1 Å². The van der Waals surface area contributed by atoms with Gasteiger partial charge in [-0.05, 0) is 29.8 Å². The van der Waals surface area contributed by atoms with Crippen molar-refractivity contribution in [3.8, 4) is 17.3 Å². The van der Waals surface area contributed by atoms with Gasteiger partial charge >= 0.3 is 5.97 Å². The molecule has 154 valence electrons. The number of aromatic nitrogens is 3. The van der Waals surface area contributed by atoms with E-state index in [4.69, 9.17) is 14.4 Å². The normalized spacial score (nSPS) is 11.0. The van der Waals surface area contributed by atoms with Crippen LogP contribution in [0.15, 0.2) is 71.5 Å². The highest BCUT2D eigenvalue weighted by Crippen LogP contribution is 2.27. The molecule has 7 nitrogen and oxygen atoms in total. The van der Waals surface area contributed by atoms with Crippen LogP contribution in [-0.4, -0.2) is 26.2 Å². The molecular formula is C23H16FN3O4. The van der Waals surface area contributed by atoms with Crippen LogP contribution in [0.4, 0.5) is 4.39 Å². The second kappa shape index (κ2) is 9.00. The van der Waals surface area contributed by atoms with Crippen molar-refractivity contribution in [1.82, 2.24) is 15.1 Å². The molecule has 0 aliphatic carbocycles. The number of ether oxygens (including phenoxy) is 1. The third-order valence-corrected chi connectivity index (χ3v) is 4.36. The zero-order chi connectivity index (χ0) is 21.6. The molecule has 0 spiro atoms. The highest BCUT2D eigenvalue weighted by atomic mass is 19.1. The zero-order valence-electron chi connectivity index (χ0n) is 16.1. The third-order valence-electron chi connectivity index (χ3n) is 4.36. The second-order valence-corrected chi connectivity index (χ2v) is 6.46. The molecule has 0 radical (unpaired) electrons. The first-order valence-corrected chi connectivity index (χ1v) is 9.26. The van der Waals surface area contributed by atoms with E-state index >= 15 is 0 Å². The molecule has 0 aliphatic rings. The van der Waals surface area contributed by atoms with Crippen molar-refractivity contribution in [1.29, 1.82) is 0 Å². The summed E-state index contributed by atoms with van der Waals surface area (Å²) >= 11 is 0. The van der Waals surface area contributed by atoms with Crippen LogP contribution in [-0.2, 0) is 6.61 Å². The molecular weight excluding hydrogens is 401 g/mol. The van der Waals surface area contributed by atoms with E-state index in [0.29, 0.717) is 22.7 Å². The van der Waals surface area contributed by atoms with Gasteiger partial charge in [-0.3, -0.25) is 4.98 Å². The highest BCUT2D eigenvalue weighted by Gasteiger charge is 2.18. The number of rotatable bonds is 7. The summed E-state index contributed by atoms with van der Waals surface area (Å²) in [4.78, 5) is 19.0. The van der Waals surface area contributed by atoms with Gasteiger partial charge in [-0.1, -0.05) is 41.6 Å². The summed E-state index contributed by atoms with van der Waals surface area (Å²) in [5, 5.41) is 13.1. The molecule has 1 aromatic carbocycles. The van der Waals surface area contributed by atoms with Gasteiger partial charge in [0, 0.05) is 12.3 Å². The van der Waals surface area contributed by atoms with E-state index in [1.54, 1.807) is 6.08 Å². The molecule has 0 fully saturated rings. The first-order valence-electron chi connectivity index (χ1n) is 9.26. The largest absolute Gasteiger partial charge is 0.478 e. The molecule has 1 N–H and O–H groups in total. The van der Waals surface area contributed by atoms with Crippen molar-refractivity contribution in [2.75, 3.05) is 0 Å². The molecule has 8 heteroatoms. The number of carboxylic acids is 1. The van der Waals surface area contributed by atoms with Gasteiger partial charge in [0.25, 0.3) is 0 Å². The predicted octanol–water partition coefficient (Wildman–Crippen LogP) is 4.72. The Kier molecular flexibility index (Phi) is 5.79. The van der Waals surface area contributed by atoms with Gasteiger partial charge in [-0.2, -0.15) is 0 Å². The quantitative estimate of drug-likeness (QED) is 0.465. The predicted molar refractivity (Wildman–Crippen MR) is 111 cm³/mol. The Morgan fingerprint density at radius 3 is 2.55 bits per heavy atom. The fraction of sp³-hybridized carbons (Fsp3) is 0.0435. The lowest BCUT2D eigenvalue weighted by atomic mass is 10.1. The van der Waals surface area contributed by atoms with E-state index in [-0.39, 0.29) is 18.1 Å². The van der Waals surface area contributed by atoms with Gasteiger partial charge in [-0.15, -0.1) is 0 Å². The fourth-order valence-corrected chi connectivity index (χ4v) is 2.78. The summed E-state index contributed by atoms with van der Waals surface area (Å²) in [5.74, 6) is -0.845. The minimum absolute atomic E-state index is 0.0335. The molecule has 0 saturated heterocycles. The van der Waals surface area contributed by atoms with Gasteiger partial charge < -0.3 is 14.4 Å². The third kappa shape index (κ3) is 4.81. The van der Waals surface area contributed by atoms with E-state index in [0.717, 1.165) is 11.8 Å². The summed E-state index contributed by atoms with van der Waals surface area (Å²) in [6.07, 6.45) is 5.94. The molecule has 4 rings (SSSR count). The van der Waals surface area contributed by atoms with E-state index in [1.165, 1.54) is 30.5 Å². The monoisotopic (exact) mass is 417 g/mol. The lowest BCUT2D eigenvalue weighted by molar-refractivity contribution is 0.0696.